The number of hydrogen-bond acceptors (Lipinski definition) is 4. The average molecular weight is 176 g/mol. The Morgan fingerprint density at radius 1 is 1.50 bits per heavy atom. The fourth-order valence-electron chi connectivity index (χ4n) is 0.574. The lowest BCUT2D eigenvalue weighted by Crippen LogP contribution is -2.35. The summed E-state index contributed by atoms with van der Waals surface area (Å²) in [6.45, 7) is 3.63. The monoisotopic (exact) mass is 176 g/mol. The van der Waals surface area contributed by atoms with Gasteiger partial charge in [0.15, 0.2) is 0 Å². The van der Waals surface area contributed by atoms with Gasteiger partial charge in [-0.2, -0.15) is 5.48 Å². The number of nitrogens with one attached hydrogen (secondary N) is 2. The molecule has 0 fully saturated rings. The van der Waals surface area contributed by atoms with Crippen LogP contribution in [-0.2, 0) is 14.4 Å². The van der Waals surface area contributed by atoms with Gasteiger partial charge in [0.1, 0.15) is 0 Å². The van der Waals surface area contributed by atoms with Crippen molar-refractivity contribution < 1.29 is 14.4 Å². The van der Waals surface area contributed by atoms with E-state index in [1.165, 1.54) is 0 Å². The molecule has 0 aromatic heterocycles. The van der Waals surface area contributed by atoms with Gasteiger partial charge < -0.3 is 14.9 Å². The van der Waals surface area contributed by atoms with Gasteiger partial charge in [-0.15, -0.1) is 0 Å². The van der Waals surface area contributed by atoms with Crippen molar-refractivity contribution in [3.63, 3.8) is 0 Å². The third-order valence-electron chi connectivity index (χ3n) is 1.11. The summed E-state index contributed by atoms with van der Waals surface area (Å²) in [5.41, 5.74) is 2.51. The van der Waals surface area contributed by atoms with Crippen LogP contribution in [0.1, 0.15) is 6.92 Å². The Kier molecular flexibility index (Phi) is 7.99. The van der Waals surface area contributed by atoms with Crippen LogP contribution in [0.2, 0.25) is 0 Å². The first-order valence-electron chi connectivity index (χ1n) is 3.91. The summed E-state index contributed by atoms with van der Waals surface area (Å²) in [6.07, 6.45) is 0. The summed E-state index contributed by atoms with van der Waals surface area (Å²) in [4.78, 5) is 15.7. The molecular formula is C7H16N2O3. The SMILES string of the molecule is CCONCC(=O)NCCOC. The van der Waals surface area contributed by atoms with Crippen LogP contribution < -0.4 is 10.8 Å². The lowest BCUT2D eigenvalue weighted by molar-refractivity contribution is -0.122. The molecule has 0 unspecified atom stereocenters. The topological polar surface area (TPSA) is 59.6 Å². The van der Waals surface area contributed by atoms with Gasteiger partial charge in [-0.1, -0.05) is 0 Å². The summed E-state index contributed by atoms with van der Waals surface area (Å²) in [5.74, 6) is -0.0968. The van der Waals surface area contributed by atoms with Gasteiger partial charge in [-0.05, 0) is 6.92 Å². The molecule has 0 spiro atoms. The number of methoxy groups -OCH3 is 1. The van der Waals surface area contributed by atoms with Crippen LogP contribution in [-0.4, -0.2) is 39.3 Å². The summed E-state index contributed by atoms with van der Waals surface area (Å²) >= 11 is 0. The maximum absolute atomic E-state index is 10.9. The zero-order valence-electron chi connectivity index (χ0n) is 7.55. The molecule has 0 saturated carbocycles. The summed E-state index contributed by atoms with van der Waals surface area (Å²) in [6, 6.07) is 0. The molecule has 12 heavy (non-hydrogen) atoms. The van der Waals surface area contributed by atoms with Crippen LogP contribution in [0, 0.1) is 0 Å². The molecule has 0 aliphatic carbocycles. The van der Waals surface area contributed by atoms with E-state index in [0.717, 1.165) is 0 Å². The number of amides is 1. The maximum Gasteiger partial charge on any atom is 0.236 e. The van der Waals surface area contributed by atoms with Crippen LogP contribution in [0.4, 0.5) is 0 Å². The Bertz CT molecular complexity index is 107. The Hall–Kier alpha value is -0.650. The molecule has 0 aliphatic rings. The molecule has 0 aromatic carbocycles. The molecule has 0 rings (SSSR count). The Morgan fingerprint density at radius 2 is 2.25 bits per heavy atom. The molecule has 5 nitrogen and oxygen atoms in total. The molecule has 0 aliphatic heterocycles. The summed E-state index contributed by atoms with van der Waals surface area (Å²) in [7, 11) is 1.59. The van der Waals surface area contributed by atoms with E-state index in [4.69, 9.17) is 9.57 Å². The Morgan fingerprint density at radius 3 is 2.83 bits per heavy atom. The minimum Gasteiger partial charge on any atom is -0.383 e. The standard InChI is InChI=1S/C7H16N2O3/c1-3-12-9-6-7(10)8-4-5-11-2/h9H,3-6H2,1-2H3,(H,8,10). The van der Waals surface area contributed by atoms with E-state index in [1.807, 2.05) is 6.92 Å². The van der Waals surface area contributed by atoms with Crippen molar-refractivity contribution in [2.24, 2.45) is 0 Å². The minimum atomic E-state index is -0.0968. The second kappa shape index (κ2) is 8.45. The minimum absolute atomic E-state index is 0.0968. The van der Waals surface area contributed by atoms with E-state index >= 15 is 0 Å². The van der Waals surface area contributed by atoms with E-state index in [2.05, 4.69) is 10.8 Å². The van der Waals surface area contributed by atoms with Crippen molar-refractivity contribution in [1.82, 2.24) is 10.8 Å². The first kappa shape index (κ1) is 11.4. The van der Waals surface area contributed by atoms with Gasteiger partial charge in [0, 0.05) is 13.7 Å². The van der Waals surface area contributed by atoms with Crippen LogP contribution >= 0.6 is 0 Å². The van der Waals surface area contributed by atoms with Gasteiger partial charge in [0.05, 0.1) is 19.8 Å². The fraction of sp³-hybridized carbons (Fsp3) is 0.857. The Balaban J connectivity index is 3.10. The molecule has 0 atom stereocenters. The number of hydroxylamine groups is 1. The Labute approximate surface area is 72.4 Å². The number of ether oxygens (including phenoxy) is 1. The molecule has 1 amide bonds. The molecule has 0 aromatic rings. The molecule has 0 bridgehead atoms. The average Bonchev–Trinajstić information content (AvgIpc) is 2.06. The van der Waals surface area contributed by atoms with Gasteiger partial charge in [-0.25, -0.2) is 0 Å². The third-order valence-corrected chi connectivity index (χ3v) is 1.11. The van der Waals surface area contributed by atoms with Crippen molar-refractivity contribution in [2.75, 3.05) is 33.4 Å². The lowest BCUT2D eigenvalue weighted by atomic mass is 10.5. The number of carbonyl (C=O) groups excluding carboxylic acids is 1. The molecular weight excluding hydrogens is 160 g/mol. The molecule has 2 N–H and O–H groups in total. The predicted octanol–water partition coefficient (Wildman–Crippen LogP) is -0.710. The van der Waals surface area contributed by atoms with Crippen LogP contribution in [0.25, 0.3) is 0 Å². The second-order valence-electron chi connectivity index (χ2n) is 2.10. The van der Waals surface area contributed by atoms with Gasteiger partial charge in [0.2, 0.25) is 5.91 Å². The zero-order valence-corrected chi connectivity index (χ0v) is 7.55. The number of carbonyl (C=O) groups is 1. The smallest absolute Gasteiger partial charge is 0.236 e. The van der Waals surface area contributed by atoms with E-state index in [9.17, 15) is 4.79 Å². The van der Waals surface area contributed by atoms with Crippen molar-refractivity contribution in [3.8, 4) is 0 Å². The van der Waals surface area contributed by atoms with Crippen LogP contribution in [0.5, 0.6) is 0 Å². The fourth-order valence-corrected chi connectivity index (χ4v) is 0.574. The molecule has 72 valence electrons. The van der Waals surface area contributed by atoms with E-state index in [0.29, 0.717) is 19.8 Å². The highest BCUT2D eigenvalue weighted by Gasteiger charge is 1.97. The molecule has 0 radical (unpaired) electrons. The molecule has 0 heterocycles. The molecule has 5 heteroatoms. The van der Waals surface area contributed by atoms with Gasteiger partial charge >= 0.3 is 0 Å². The lowest BCUT2D eigenvalue weighted by Gasteiger charge is -2.04. The highest BCUT2D eigenvalue weighted by molar-refractivity contribution is 5.77. The van der Waals surface area contributed by atoms with E-state index in [1.54, 1.807) is 7.11 Å². The second-order valence-corrected chi connectivity index (χ2v) is 2.10. The van der Waals surface area contributed by atoms with E-state index in [-0.39, 0.29) is 12.5 Å². The van der Waals surface area contributed by atoms with Gasteiger partial charge in [-0.3, -0.25) is 4.79 Å². The van der Waals surface area contributed by atoms with Crippen molar-refractivity contribution in [2.45, 2.75) is 6.92 Å². The predicted molar refractivity (Wildman–Crippen MR) is 44.5 cm³/mol. The number of hydrogen-bond donors (Lipinski definition) is 2. The normalized spacial score (nSPS) is 9.83. The zero-order chi connectivity index (χ0) is 9.23. The first-order chi connectivity index (χ1) is 5.81. The summed E-state index contributed by atoms with van der Waals surface area (Å²) < 4.78 is 4.75. The maximum atomic E-state index is 10.9. The first-order valence-corrected chi connectivity index (χ1v) is 3.91. The third kappa shape index (κ3) is 7.46. The van der Waals surface area contributed by atoms with Gasteiger partial charge in [0.25, 0.3) is 0 Å². The van der Waals surface area contributed by atoms with Crippen LogP contribution in [0.15, 0.2) is 0 Å². The summed E-state index contributed by atoms with van der Waals surface area (Å²) in [5, 5.41) is 2.64. The van der Waals surface area contributed by atoms with Crippen molar-refractivity contribution in [1.29, 1.82) is 0 Å². The molecule has 0 saturated heterocycles. The van der Waals surface area contributed by atoms with Crippen molar-refractivity contribution >= 4 is 5.91 Å². The largest absolute Gasteiger partial charge is 0.383 e. The van der Waals surface area contributed by atoms with E-state index < -0.39 is 0 Å². The quantitative estimate of drug-likeness (QED) is 0.397. The highest BCUT2D eigenvalue weighted by atomic mass is 16.6. The number of rotatable bonds is 7. The van der Waals surface area contributed by atoms with Crippen LogP contribution in [0.3, 0.4) is 0 Å². The highest BCUT2D eigenvalue weighted by Crippen LogP contribution is 1.68. The van der Waals surface area contributed by atoms with Crippen molar-refractivity contribution in [3.05, 3.63) is 0 Å².